The Morgan fingerprint density at radius 2 is 2.21 bits per heavy atom. The Morgan fingerprint density at radius 1 is 1.50 bits per heavy atom. The average Bonchev–Trinajstić information content (AvgIpc) is 2.15. The minimum absolute atomic E-state index is 0.172. The molecule has 0 aliphatic carbocycles. The van der Waals surface area contributed by atoms with Crippen LogP contribution >= 0.6 is 15.9 Å². The van der Waals surface area contributed by atoms with Crippen molar-refractivity contribution in [2.24, 2.45) is 5.73 Å². The van der Waals surface area contributed by atoms with Crippen LogP contribution < -0.4 is 11.1 Å². The number of hydrogen-bond donors (Lipinski definition) is 2. The highest BCUT2D eigenvalue weighted by Gasteiger charge is 2.05. The molecule has 74 valence electrons. The van der Waals surface area contributed by atoms with Crippen LogP contribution in [0.4, 0.5) is 0 Å². The van der Waals surface area contributed by atoms with Gasteiger partial charge in [0.1, 0.15) is 4.60 Å². The molecule has 0 aromatic carbocycles. The number of hydrogen-bond acceptors (Lipinski definition) is 3. The smallest absolute Gasteiger partial charge is 0.253 e. The van der Waals surface area contributed by atoms with E-state index in [1.54, 1.807) is 12.1 Å². The zero-order chi connectivity index (χ0) is 10.6. The summed E-state index contributed by atoms with van der Waals surface area (Å²) in [7, 11) is 0. The lowest BCUT2D eigenvalue weighted by molar-refractivity contribution is -0.117. The van der Waals surface area contributed by atoms with E-state index < -0.39 is 5.91 Å². The topological polar surface area (TPSA) is 85.1 Å². The van der Waals surface area contributed by atoms with Gasteiger partial charge in [-0.2, -0.15) is 0 Å². The Kier molecular flexibility index (Phi) is 3.58. The van der Waals surface area contributed by atoms with E-state index in [1.807, 2.05) is 0 Å². The molecule has 5 nitrogen and oxygen atoms in total. The van der Waals surface area contributed by atoms with Gasteiger partial charge in [0, 0.05) is 6.20 Å². The van der Waals surface area contributed by atoms with Crippen molar-refractivity contribution in [2.45, 2.75) is 0 Å². The number of rotatable bonds is 3. The molecule has 14 heavy (non-hydrogen) atoms. The molecule has 2 amide bonds. The van der Waals surface area contributed by atoms with Crippen LogP contribution in [-0.4, -0.2) is 23.3 Å². The van der Waals surface area contributed by atoms with Gasteiger partial charge in [0.15, 0.2) is 0 Å². The van der Waals surface area contributed by atoms with Gasteiger partial charge in [0.25, 0.3) is 5.91 Å². The highest BCUT2D eigenvalue weighted by atomic mass is 79.9. The van der Waals surface area contributed by atoms with E-state index in [-0.39, 0.29) is 12.5 Å². The number of carbonyl (C=O) groups is 2. The standard InChI is InChI=1S/C8H8BrN3O2/c9-6-2-1-5(3-11-6)8(14)12-4-7(10)13/h1-3H,4H2,(H2,10,13)(H,12,14). The molecule has 0 aliphatic rings. The van der Waals surface area contributed by atoms with Crippen LogP contribution in [0.2, 0.25) is 0 Å². The number of pyridine rings is 1. The predicted octanol–water partition coefficient (Wildman–Crippen LogP) is 0.0592. The highest BCUT2D eigenvalue weighted by molar-refractivity contribution is 9.10. The summed E-state index contributed by atoms with van der Waals surface area (Å²) in [6, 6.07) is 3.23. The molecule has 1 aromatic heterocycles. The van der Waals surface area contributed by atoms with Gasteiger partial charge in [0.05, 0.1) is 12.1 Å². The van der Waals surface area contributed by atoms with E-state index in [2.05, 4.69) is 26.2 Å². The first-order valence-corrected chi connectivity index (χ1v) is 4.57. The number of nitrogens with two attached hydrogens (primary N) is 1. The first-order valence-electron chi connectivity index (χ1n) is 3.77. The van der Waals surface area contributed by atoms with Crippen molar-refractivity contribution in [1.82, 2.24) is 10.3 Å². The van der Waals surface area contributed by atoms with E-state index in [4.69, 9.17) is 5.73 Å². The fourth-order valence-electron chi connectivity index (χ4n) is 0.780. The predicted molar refractivity (Wildman–Crippen MR) is 53.5 cm³/mol. The number of amides is 2. The fraction of sp³-hybridized carbons (Fsp3) is 0.125. The van der Waals surface area contributed by atoms with Gasteiger partial charge in [0.2, 0.25) is 5.91 Å². The molecule has 0 radical (unpaired) electrons. The Balaban J connectivity index is 2.61. The molecule has 3 N–H and O–H groups in total. The van der Waals surface area contributed by atoms with Crippen molar-refractivity contribution in [3.05, 3.63) is 28.5 Å². The van der Waals surface area contributed by atoms with Gasteiger partial charge in [-0.3, -0.25) is 9.59 Å². The summed E-state index contributed by atoms with van der Waals surface area (Å²) >= 11 is 3.14. The van der Waals surface area contributed by atoms with Gasteiger partial charge in [-0.25, -0.2) is 4.98 Å². The molecule has 0 fully saturated rings. The van der Waals surface area contributed by atoms with Gasteiger partial charge < -0.3 is 11.1 Å². The number of nitrogens with one attached hydrogen (secondary N) is 1. The van der Waals surface area contributed by atoms with E-state index in [0.717, 1.165) is 0 Å². The molecule has 0 saturated heterocycles. The number of halogens is 1. The SMILES string of the molecule is NC(=O)CNC(=O)c1ccc(Br)nc1. The zero-order valence-electron chi connectivity index (χ0n) is 7.16. The summed E-state index contributed by atoms with van der Waals surface area (Å²) < 4.78 is 0.643. The highest BCUT2D eigenvalue weighted by Crippen LogP contribution is 2.05. The first kappa shape index (κ1) is 10.6. The number of carbonyl (C=O) groups excluding carboxylic acids is 2. The van der Waals surface area contributed by atoms with Crippen molar-refractivity contribution in [2.75, 3.05) is 6.54 Å². The molecule has 0 spiro atoms. The van der Waals surface area contributed by atoms with E-state index >= 15 is 0 Å². The van der Waals surface area contributed by atoms with E-state index in [0.29, 0.717) is 10.2 Å². The van der Waals surface area contributed by atoms with Crippen LogP contribution in [0.1, 0.15) is 10.4 Å². The minimum atomic E-state index is -0.580. The molecule has 1 heterocycles. The van der Waals surface area contributed by atoms with Crippen LogP contribution in [0, 0.1) is 0 Å². The van der Waals surface area contributed by atoms with E-state index in [9.17, 15) is 9.59 Å². The summed E-state index contributed by atoms with van der Waals surface area (Å²) in [6.45, 7) is -0.172. The van der Waals surface area contributed by atoms with Gasteiger partial charge >= 0.3 is 0 Å². The maximum absolute atomic E-state index is 11.3. The number of nitrogens with zero attached hydrogens (tertiary/aromatic N) is 1. The third-order valence-electron chi connectivity index (χ3n) is 1.41. The molecular weight excluding hydrogens is 250 g/mol. The molecule has 0 unspecified atom stereocenters. The maximum atomic E-state index is 11.3. The maximum Gasteiger partial charge on any atom is 0.253 e. The van der Waals surface area contributed by atoms with Crippen molar-refractivity contribution >= 4 is 27.7 Å². The Labute approximate surface area is 88.8 Å². The molecule has 0 aliphatic heterocycles. The molecule has 0 saturated carbocycles. The summed E-state index contributed by atoms with van der Waals surface area (Å²) in [4.78, 5) is 25.5. The fourth-order valence-corrected chi connectivity index (χ4v) is 1.01. The second-order valence-corrected chi connectivity index (χ2v) is 3.33. The van der Waals surface area contributed by atoms with Crippen molar-refractivity contribution in [3.63, 3.8) is 0 Å². The molecule has 0 bridgehead atoms. The van der Waals surface area contributed by atoms with Crippen LogP contribution in [0.15, 0.2) is 22.9 Å². The van der Waals surface area contributed by atoms with Gasteiger partial charge in [-0.1, -0.05) is 0 Å². The monoisotopic (exact) mass is 257 g/mol. The summed E-state index contributed by atoms with van der Waals surface area (Å²) in [5, 5.41) is 2.35. The van der Waals surface area contributed by atoms with Gasteiger partial charge in [-0.05, 0) is 28.1 Å². The van der Waals surface area contributed by atoms with Crippen LogP contribution in [0.25, 0.3) is 0 Å². The number of primary amides is 1. The van der Waals surface area contributed by atoms with Gasteiger partial charge in [-0.15, -0.1) is 0 Å². The van der Waals surface area contributed by atoms with Crippen molar-refractivity contribution < 1.29 is 9.59 Å². The molecule has 1 aromatic rings. The summed E-state index contributed by atoms with van der Waals surface area (Å²) in [6.07, 6.45) is 1.40. The Hall–Kier alpha value is -1.43. The third kappa shape index (κ3) is 3.14. The second-order valence-electron chi connectivity index (χ2n) is 2.52. The molecule has 1 rings (SSSR count). The first-order chi connectivity index (χ1) is 6.59. The third-order valence-corrected chi connectivity index (χ3v) is 1.88. The molecule has 0 atom stereocenters. The lowest BCUT2D eigenvalue weighted by atomic mass is 10.3. The minimum Gasteiger partial charge on any atom is -0.368 e. The lowest BCUT2D eigenvalue weighted by Gasteiger charge is -2.01. The normalized spacial score (nSPS) is 9.50. The Bertz CT molecular complexity index is 350. The number of aromatic nitrogens is 1. The van der Waals surface area contributed by atoms with Crippen LogP contribution in [0.3, 0.4) is 0 Å². The van der Waals surface area contributed by atoms with Crippen LogP contribution in [-0.2, 0) is 4.79 Å². The molecular formula is C8H8BrN3O2. The second kappa shape index (κ2) is 4.71. The van der Waals surface area contributed by atoms with E-state index in [1.165, 1.54) is 6.20 Å². The zero-order valence-corrected chi connectivity index (χ0v) is 8.74. The largest absolute Gasteiger partial charge is 0.368 e. The molecule has 6 heteroatoms. The summed E-state index contributed by atoms with van der Waals surface area (Å²) in [5.41, 5.74) is 5.25. The summed E-state index contributed by atoms with van der Waals surface area (Å²) in [5.74, 6) is -0.952. The lowest BCUT2D eigenvalue weighted by Crippen LogP contribution is -2.33. The van der Waals surface area contributed by atoms with Crippen LogP contribution in [0.5, 0.6) is 0 Å². The Morgan fingerprint density at radius 3 is 2.71 bits per heavy atom. The van der Waals surface area contributed by atoms with Crippen molar-refractivity contribution in [3.8, 4) is 0 Å². The quantitative estimate of drug-likeness (QED) is 0.751. The van der Waals surface area contributed by atoms with Crippen molar-refractivity contribution in [1.29, 1.82) is 0 Å². The average molecular weight is 258 g/mol.